The van der Waals surface area contributed by atoms with Crippen molar-refractivity contribution in [2.24, 2.45) is 0 Å². The van der Waals surface area contributed by atoms with Gasteiger partial charge in [-0.25, -0.2) is 0 Å². The molecule has 1 aliphatic rings. The highest BCUT2D eigenvalue weighted by Gasteiger charge is 2.21. The molecule has 2 aromatic rings. The lowest BCUT2D eigenvalue weighted by Gasteiger charge is -2.23. The molecule has 1 amide bonds. The number of hydrogen-bond acceptors (Lipinski definition) is 2. The average Bonchev–Trinajstić information content (AvgIpc) is 2.84. The maximum Gasteiger partial charge on any atom is 0.254 e. The molecule has 25 heavy (non-hydrogen) atoms. The van der Waals surface area contributed by atoms with Crippen molar-refractivity contribution >= 4 is 17.5 Å². The van der Waals surface area contributed by atoms with Crippen molar-refractivity contribution in [2.75, 3.05) is 26.2 Å². The van der Waals surface area contributed by atoms with Crippen LogP contribution in [0.4, 0.5) is 0 Å². The van der Waals surface area contributed by atoms with E-state index in [0.29, 0.717) is 0 Å². The van der Waals surface area contributed by atoms with Crippen molar-refractivity contribution in [1.29, 1.82) is 0 Å². The third-order valence-corrected chi connectivity index (χ3v) is 5.07. The number of carbonyl (C=O) groups excluding carboxylic acids is 1. The molecule has 0 aliphatic carbocycles. The fraction of sp³-hybridized carbons (Fsp3) is 0.381. The van der Waals surface area contributed by atoms with E-state index in [4.69, 9.17) is 11.6 Å². The molecule has 0 aromatic heterocycles. The molecule has 0 unspecified atom stereocenters. The van der Waals surface area contributed by atoms with E-state index < -0.39 is 0 Å². The highest BCUT2D eigenvalue weighted by Crippen LogP contribution is 2.17. The largest absolute Gasteiger partial charge is 0.337 e. The molecule has 0 bridgehead atoms. The fourth-order valence-electron chi connectivity index (χ4n) is 3.32. The summed E-state index contributed by atoms with van der Waals surface area (Å²) in [5.41, 5.74) is 4.29. The summed E-state index contributed by atoms with van der Waals surface area (Å²) in [6, 6.07) is 14.1. The van der Waals surface area contributed by atoms with Crippen LogP contribution in [-0.4, -0.2) is 41.9 Å². The van der Waals surface area contributed by atoms with Crippen LogP contribution in [0.15, 0.2) is 42.5 Å². The first-order valence-corrected chi connectivity index (χ1v) is 9.24. The zero-order valence-electron chi connectivity index (χ0n) is 15.0. The first-order chi connectivity index (χ1) is 12.0. The van der Waals surface area contributed by atoms with Gasteiger partial charge in [-0.3, -0.25) is 9.69 Å². The highest BCUT2D eigenvalue weighted by atomic mass is 35.5. The Morgan fingerprint density at radius 1 is 1.00 bits per heavy atom. The number of carbonyl (C=O) groups is 1. The Bertz CT molecular complexity index is 742. The van der Waals surface area contributed by atoms with Crippen LogP contribution in [0.2, 0.25) is 5.02 Å². The molecule has 1 saturated heterocycles. The molecule has 2 aromatic carbocycles. The molecule has 0 spiro atoms. The maximum atomic E-state index is 12.9. The zero-order valence-corrected chi connectivity index (χ0v) is 15.7. The highest BCUT2D eigenvalue weighted by molar-refractivity contribution is 6.30. The molecular weight excluding hydrogens is 332 g/mol. The van der Waals surface area contributed by atoms with E-state index in [2.05, 4.69) is 23.1 Å². The predicted molar refractivity (Wildman–Crippen MR) is 103 cm³/mol. The summed E-state index contributed by atoms with van der Waals surface area (Å²) >= 11 is 5.96. The van der Waals surface area contributed by atoms with Crippen molar-refractivity contribution < 1.29 is 4.79 Å². The van der Waals surface area contributed by atoms with Crippen molar-refractivity contribution in [2.45, 2.75) is 26.8 Å². The normalized spacial score (nSPS) is 15.9. The monoisotopic (exact) mass is 356 g/mol. The SMILES string of the molecule is Cc1ccc(C)c(C(=O)N2CCCN(Cc3ccc(Cl)cc3)CC2)c1. The fourth-order valence-corrected chi connectivity index (χ4v) is 3.44. The van der Waals surface area contributed by atoms with Gasteiger partial charge in [0.15, 0.2) is 0 Å². The Kier molecular flexibility index (Phi) is 5.77. The van der Waals surface area contributed by atoms with Gasteiger partial charge in [0.2, 0.25) is 0 Å². The lowest BCUT2D eigenvalue weighted by atomic mass is 10.0. The van der Waals surface area contributed by atoms with Crippen LogP contribution in [0.25, 0.3) is 0 Å². The summed E-state index contributed by atoms with van der Waals surface area (Å²) in [4.78, 5) is 17.3. The van der Waals surface area contributed by atoms with Crippen molar-refractivity contribution in [1.82, 2.24) is 9.80 Å². The van der Waals surface area contributed by atoms with Crippen molar-refractivity contribution in [3.05, 3.63) is 69.7 Å². The van der Waals surface area contributed by atoms with Crippen LogP contribution in [0.5, 0.6) is 0 Å². The average molecular weight is 357 g/mol. The Balaban J connectivity index is 1.64. The molecule has 3 nitrogen and oxygen atoms in total. The van der Waals surface area contributed by atoms with Crippen LogP contribution in [-0.2, 0) is 6.54 Å². The lowest BCUT2D eigenvalue weighted by Crippen LogP contribution is -2.35. The standard InChI is InChI=1S/C21H25ClN2O/c1-16-4-5-17(2)20(14-16)21(25)24-11-3-10-23(12-13-24)15-18-6-8-19(22)9-7-18/h4-9,14H,3,10-13,15H2,1-2H3. The van der Waals surface area contributed by atoms with Gasteiger partial charge < -0.3 is 4.90 Å². The number of halogens is 1. The number of nitrogens with zero attached hydrogens (tertiary/aromatic N) is 2. The van der Waals surface area contributed by atoms with E-state index in [1.54, 1.807) is 0 Å². The van der Waals surface area contributed by atoms with Gasteiger partial charge in [0.1, 0.15) is 0 Å². The van der Waals surface area contributed by atoms with Gasteiger partial charge >= 0.3 is 0 Å². The van der Waals surface area contributed by atoms with E-state index in [9.17, 15) is 4.79 Å². The van der Waals surface area contributed by atoms with Crippen LogP contribution in [0.1, 0.15) is 33.5 Å². The smallest absolute Gasteiger partial charge is 0.254 e. The molecule has 3 rings (SSSR count). The second kappa shape index (κ2) is 8.03. The summed E-state index contributed by atoms with van der Waals surface area (Å²) in [6.45, 7) is 8.47. The second-order valence-corrected chi connectivity index (χ2v) is 7.30. The van der Waals surface area contributed by atoms with Crippen molar-refractivity contribution in [3.63, 3.8) is 0 Å². The van der Waals surface area contributed by atoms with Gasteiger partial charge in [-0.1, -0.05) is 41.4 Å². The summed E-state index contributed by atoms with van der Waals surface area (Å²) in [5, 5.41) is 0.768. The summed E-state index contributed by atoms with van der Waals surface area (Å²) in [5.74, 6) is 0.162. The van der Waals surface area contributed by atoms with Gasteiger partial charge in [0.05, 0.1) is 0 Å². The van der Waals surface area contributed by atoms with E-state index in [0.717, 1.165) is 60.9 Å². The Morgan fingerprint density at radius 3 is 2.52 bits per heavy atom. The summed E-state index contributed by atoms with van der Waals surface area (Å²) in [6.07, 6.45) is 1.00. The molecule has 1 fully saturated rings. The minimum absolute atomic E-state index is 0.162. The molecular formula is C21H25ClN2O. The van der Waals surface area contributed by atoms with Gasteiger partial charge in [0, 0.05) is 43.3 Å². The Hall–Kier alpha value is -1.84. The summed E-state index contributed by atoms with van der Waals surface area (Å²) in [7, 11) is 0. The Morgan fingerprint density at radius 2 is 1.76 bits per heavy atom. The quantitative estimate of drug-likeness (QED) is 0.818. The first-order valence-electron chi connectivity index (χ1n) is 8.86. The van der Waals surface area contributed by atoms with E-state index >= 15 is 0 Å². The molecule has 0 radical (unpaired) electrons. The number of benzene rings is 2. The van der Waals surface area contributed by atoms with E-state index in [1.807, 2.05) is 43.0 Å². The van der Waals surface area contributed by atoms with Crippen LogP contribution >= 0.6 is 11.6 Å². The minimum Gasteiger partial charge on any atom is -0.337 e. The zero-order chi connectivity index (χ0) is 17.8. The van der Waals surface area contributed by atoms with E-state index in [-0.39, 0.29) is 5.91 Å². The first kappa shape index (κ1) is 18.0. The number of rotatable bonds is 3. The number of aryl methyl sites for hydroxylation is 2. The van der Waals surface area contributed by atoms with Gasteiger partial charge in [-0.05, 0) is 49.6 Å². The molecule has 0 atom stereocenters. The molecule has 0 N–H and O–H groups in total. The number of hydrogen-bond donors (Lipinski definition) is 0. The minimum atomic E-state index is 0.162. The third kappa shape index (κ3) is 4.62. The lowest BCUT2D eigenvalue weighted by molar-refractivity contribution is 0.0760. The predicted octanol–water partition coefficient (Wildman–Crippen LogP) is 4.30. The van der Waals surface area contributed by atoms with Crippen LogP contribution in [0.3, 0.4) is 0 Å². The Labute approximate surface area is 155 Å². The number of amides is 1. The molecule has 1 aliphatic heterocycles. The molecule has 4 heteroatoms. The molecule has 0 saturated carbocycles. The van der Waals surface area contributed by atoms with Crippen molar-refractivity contribution in [3.8, 4) is 0 Å². The molecule has 132 valence electrons. The maximum absolute atomic E-state index is 12.9. The van der Waals surface area contributed by atoms with Gasteiger partial charge in [-0.2, -0.15) is 0 Å². The van der Waals surface area contributed by atoms with Gasteiger partial charge in [0.25, 0.3) is 5.91 Å². The second-order valence-electron chi connectivity index (χ2n) is 6.87. The van der Waals surface area contributed by atoms with E-state index in [1.165, 1.54) is 5.56 Å². The topological polar surface area (TPSA) is 23.6 Å². The third-order valence-electron chi connectivity index (χ3n) is 4.82. The molecule has 1 heterocycles. The van der Waals surface area contributed by atoms with Crippen LogP contribution < -0.4 is 0 Å². The van der Waals surface area contributed by atoms with Crippen LogP contribution in [0, 0.1) is 13.8 Å². The van der Waals surface area contributed by atoms with Gasteiger partial charge in [-0.15, -0.1) is 0 Å². The summed E-state index contributed by atoms with van der Waals surface area (Å²) < 4.78 is 0.